The average molecular weight is 369 g/mol. The normalized spacial score (nSPS) is 20.8. The number of hydrogen-bond acceptors (Lipinski definition) is 3. The van der Waals surface area contributed by atoms with Crippen molar-refractivity contribution in [1.82, 2.24) is 20.6 Å². The summed E-state index contributed by atoms with van der Waals surface area (Å²) in [6.45, 7) is 6.33. The Morgan fingerprint density at radius 2 is 2.25 bits per heavy atom. The minimum Gasteiger partial charge on any atom is -0.335 e. The van der Waals surface area contributed by atoms with E-state index in [0.717, 1.165) is 19.0 Å². The molecule has 8 heteroatoms. The molecule has 130 valence electrons. The van der Waals surface area contributed by atoms with Crippen LogP contribution in [-0.2, 0) is 0 Å². The SMILES string of the molecule is Cc1nc2[nH]c(C(=O)N[C@@H]3CCC[Si](C)(C)CN3)cc2c(F)c1Cl. The Balaban J connectivity index is 1.78. The van der Waals surface area contributed by atoms with Crippen LogP contribution in [0.1, 0.15) is 29.0 Å². The van der Waals surface area contributed by atoms with Gasteiger partial charge in [-0.1, -0.05) is 37.2 Å². The lowest BCUT2D eigenvalue weighted by Gasteiger charge is -2.21. The maximum absolute atomic E-state index is 14.2. The van der Waals surface area contributed by atoms with Crippen molar-refractivity contribution in [3.63, 3.8) is 0 Å². The summed E-state index contributed by atoms with van der Waals surface area (Å²) in [5.74, 6) is -0.810. The molecule has 0 unspecified atom stereocenters. The fourth-order valence-electron chi connectivity index (χ4n) is 3.05. The maximum Gasteiger partial charge on any atom is 0.268 e. The number of halogens is 2. The van der Waals surface area contributed by atoms with Gasteiger partial charge in [-0.15, -0.1) is 0 Å². The Morgan fingerprint density at radius 3 is 3.00 bits per heavy atom. The first kappa shape index (κ1) is 17.4. The molecule has 2 aromatic heterocycles. The number of amides is 1. The molecule has 24 heavy (non-hydrogen) atoms. The molecule has 0 saturated carbocycles. The van der Waals surface area contributed by atoms with Gasteiger partial charge in [-0.2, -0.15) is 0 Å². The topological polar surface area (TPSA) is 69.8 Å². The van der Waals surface area contributed by atoms with Crippen LogP contribution in [0.15, 0.2) is 6.07 Å². The van der Waals surface area contributed by atoms with E-state index < -0.39 is 13.9 Å². The Kier molecular flexibility index (Phi) is 4.68. The first-order valence-corrected chi connectivity index (χ1v) is 11.9. The summed E-state index contributed by atoms with van der Waals surface area (Å²) in [6, 6.07) is 2.72. The summed E-state index contributed by atoms with van der Waals surface area (Å²) in [7, 11) is -1.20. The number of hydrogen-bond donors (Lipinski definition) is 3. The predicted molar refractivity (Wildman–Crippen MR) is 96.6 cm³/mol. The first-order valence-electron chi connectivity index (χ1n) is 8.15. The number of aromatic nitrogens is 2. The van der Waals surface area contributed by atoms with Crippen molar-refractivity contribution in [2.75, 3.05) is 6.17 Å². The lowest BCUT2D eigenvalue weighted by molar-refractivity contribution is 0.0924. The van der Waals surface area contributed by atoms with Crippen LogP contribution >= 0.6 is 11.6 Å². The fourth-order valence-corrected chi connectivity index (χ4v) is 5.33. The Bertz CT molecular complexity index is 792. The molecule has 0 aromatic carbocycles. The van der Waals surface area contributed by atoms with E-state index >= 15 is 0 Å². The molecule has 3 N–H and O–H groups in total. The number of rotatable bonds is 2. The number of H-pyrrole nitrogens is 1. The van der Waals surface area contributed by atoms with Gasteiger partial charge in [0.15, 0.2) is 5.82 Å². The van der Waals surface area contributed by atoms with E-state index in [-0.39, 0.29) is 22.5 Å². The predicted octanol–water partition coefficient (Wildman–Crippen LogP) is 3.35. The van der Waals surface area contributed by atoms with Crippen molar-refractivity contribution in [2.24, 2.45) is 0 Å². The van der Waals surface area contributed by atoms with Gasteiger partial charge in [0.1, 0.15) is 11.3 Å². The van der Waals surface area contributed by atoms with Crippen molar-refractivity contribution >= 4 is 36.6 Å². The van der Waals surface area contributed by atoms with Crippen molar-refractivity contribution in [3.05, 3.63) is 28.3 Å². The molecule has 1 fully saturated rings. The van der Waals surface area contributed by atoms with Gasteiger partial charge >= 0.3 is 0 Å². The van der Waals surface area contributed by atoms with E-state index in [2.05, 4.69) is 33.7 Å². The Hall–Kier alpha value is -1.44. The van der Waals surface area contributed by atoms with Crippen molar-refractivity contribution in [2.45, 2.75) is 45.1 Å². The Labute approximate surface area is 146 Å². The van der Waals surface area contributed by atoms with Gasteiger partial charge in [0.05, 0.1) is 30.3 Å². The second-order valence-corrected chi connectivity index (χ2v) is 12.8. The molecule has 1 aliphatic rings. The van der Waals surface area contributed by atoms with Crippen molar-refractivity contribution < 1.29 is 9.18 Å². The van der Waals surface area contributed by atoms with Gasteiger partial charge < -0.3 is 15.6 Å². The van der Waals surface area contributed by atoms with Crippen LogP contribution in [0.2, 0.25) is 24.2 Å². The van der Waals surface area contributed by atoms with E-state index in [4.69, 9.17) is 11.6 Å². The monoisotopic (exact) mass is 368 g/mol. The van der Waals surface area contributed by atoms with Crippen LogP contribution in [0.4, 0.5) is 4.39 Å². The molecule has 2 aromatic rings. The van der Waals surface area contributed by atoms with Crippen molar-refractivity contribution in [3.8, 4) is 0 Å². The highest BCUT2D eigenvalue weighted by molar-refractivity contribution is 6.77. The number of carbonyl (C=O) groups is 1. The quantitative estimate of drug-likeness (QED) is 0.712. The molecule has 5 nitrogen and oxygen atoms in total. The number of carbonyl (C=O) groups excluding carboxylic acids is 1. The number of fused-ring (bicyclic) bond motifs is 1. The van der Waals surface area contributed by atoms with Gasteiger partial charge in [0.25, 0.3) is 5.91 Å². The standard InChI is InChI=1S/C16H22ClFN4OSi/c1-9-13(17)14(18)10-7-11(21-15(10)20-9)16(23)22-12-5-4-6-24(2,3)8-19-12/h7,12,19H,4-6,8H2,1-3H3,(H,20,21)(H,22,23)/t12-/m1/s1. The zero-order chi connectivity index (χ0) is 17.5. The molecular formula is C16H22ClFN4OSi. The highest BCUT2D eigenvalue weighted by atomic mass is 35.5. The van der Waals surface area contributed by atoms with Gasteiger partial charge in [-0.05, 0) is 25.6 Å². The van der Waals surface area contributed by atoms with Gasteiger partial charge in [-0.3, -0.25) is 4.79 Å². The number of nitrogens with zero attached hydrogens (tertiary/aromatic N) is 1. The molecule has 0 aliphatic carbocycles. The maximum atomic E-state index is 14.2. The lowest BCUT2D eigenvalue weighted by Crippen LogP contribution is -2.49. The molecule has 1 atom stereocenters. The summed E-state index contributed by atoms with van der Waals surface area (Å²) >= 11 is 5.89. The van der Waals surface area contributed by atoms with Crippen LogP contribution in [-0.4, -0.2) is 36.3 Å². The second kappa shape index (κ2) is 6.46. The zero-order valence-corrected chi connectivity index (χ0v) is 15.9. The molecular weight excluding hydrogens is 347 g/mol. The molecule has 0 bridgehead atoms. The van der Waals surface area contributed by atoms with E-state index in [9.17, 15) is 9.18 Å². The fraction of sp³-hybridized carbons (Fsp3) is 0.500. The summed E-state index contributed by atoms with van der Waals surface area (Å²) in [4.78, 5) is 19.6. The molecule has 1 aliphatic heterocycles. The largest absolute Gasteiger partial charge is 0.335 e. The van der Waals surface area contributed by atoms with Gasteiger partial charge in [-0.25, -0.2) is 9.37 Å². The number of nitrogens with one attached hydrogen (secondary N) is 3. The second-order valence-electron chi connectivity index (χ2n) is 7.23. The van der Waals surface area contributed by atoms with Crippen LogP contribution < -0.4 is 10.6 Å². The third-order valence-electron chi connectivity index (χ3n) is 4.55. The molecule has 0 spiro atoms. The summed E-state index contributed by atoms with van der Waals surface area (Å²) in [5, 5.41) is 6.65. The summed E-state index contributed by atoms with van der Waals surface area (Å²) in [6.07, 6.45) is 2.94. The third kappa shape index (κ3) is 3.48. The zero-order valence-electron chi connectivity index (χ0n) is 14.1. The average Bonchev–Trinajstić information content (AvgIpc) is 2.86. The van der Waals surface area contributed by atoms with Gasteiger partial charge in [0.2, 0.25) is 0 Å². The van der Waals surface area contributed by atoms with Crippen LogP contribution in [0.3, 0.4) is 0 Å². The van der Waals surface area contributed by atoms with E-state index in [1.54, 1.807) is 6.92 Å². The van der Waals surface area contributed by atoms with Gasteiger partial charge in [0, 0.05) is 0 Å². The number of aromatic amines is 1. The molecule has 3 heterocycles. The molecule has 1 amide bonds. The van der Waals surface area contributed by atoms with Crippen molar-refractivity contribution in [1.29, 1.82) is 0 Å². The molecule has 1 saturated heterocycles. The third-order valence-corrected chi connectivity index (χ3v) is 7.85. The van der Waals surface area contributed by atoms with Crippen LogP contribution in [0.5, 0.6) is 0 Å². The van der Waals surface area contributed by atoms with E-state index in [1.807, 2.05) is 0 Å². The smallest absolute Gasteiger partial charge is 0.268 e. The molecule has 3 rings (SSSR count). The summed E-state index contributed by atoms with van der Waals surface area (Å²) < 4.78 is 14.2. The minimum atomic E-state index is -1.20. The van der Waals surface area contributed by atoms with Crippen LogP contribution in [0, 0.1) is 12.7 Å². The Morgan fingerprint density at radius 1 is 1.50 bits per heavy atom. The first-order chi connectivity index (χ1) is 11.3. The van der Waals surface area contributed by atoms with Crippen LogP contribution in [0.25, 0.3) is 11.0 Å². The minimum absolute atomic E-state index is 0.00826. The van der Waals surface area contributed by atoms with E-state index in [1.165, 1.54) is 12.1 Å². The summed E-state index contributed by atoms with van der Waals surface area (Å²) in [5.41, 5.74) is 1.02. The number of aryl methyl sites for hydroxylation is 1. The number of pyridine rings is 1. The highest BCUT2D eigenvalue weighted by Gasteiger charge is 2.27. The molecule has 0 radical (unpaired) electrons. The highest BCUT2D eigenvalue weighted by Crippen LogP contribution is 2.26. The van der Waals surface area contributed by atoms with E-state index in [0.29, 0.717) is 17.0 Å². The lowest BCUT2D eigenvalue weighted by atomic mass is 10.2.